The van der Waals surface area contributed by atoms with Gasteiger partial charge in [0.05, 0.1) is 12.8 Å². The number of nitrogens with one attached hydrogen (secondary N) is 2. The van der Waals surface area contributed by atoms with E-state index < -0.39 is 0 Å². The van der Waals surface area contributed by atoms with Gasteiger partial charge in [-0.25, -0.2) is 4.98 Å². The lowest BCUT2D eigenvalue weighted by Crippen LogP contribution is -2.10. The van der Waals surface area contributed by atoms with Crippen LogP contribution < -0.4 is 15.6 Å². The number of anilines is 2. The molecule has 1 heterocycles. The maximum absolute atomic E-state index is 11.8. The van der Waals surface area contributed by atoms with Gasteiger partial charge in [-0.1, -0.05) is 36.4 Å². The Morgan fingerprint density at radius 3 is 2.64 bits per heavy atom. The van der Waals surface area contributed by atoms with E-state index in [4.69, 9.17) is 4.74 Å². The minimum Gasteiger partial charge on any atom is -0.497 e. The Labute approximate surface area is 127 Å². The Bertz CT molecular complexity index is 829. The van der Waals surface area contributed by atoms with Gasteiger partial charge in [0.1, 0.15) is 5.75 Å². The Balaban J connectivity index is 1.94. The molecule has 0 atom stereocenters. The summed E-state index contributed by atoms with van der Waals surface area (Å²) in [5, 5.41) is 3.08. The molecule has 0 bridgehead atoms. The van der Waals surface area contributed by atoms with Crippen molar-refractivity contribution in [1.29, 1.82) is 0 Å². The van der Waals surface area contributed by atoms with E-state index in [1.807, 2.05) is 54.6 Å². The second-order valence-corrected chi connectivity index (χ2v) is 4.70. The number of H-pyrrole nitrogens is 1. The van der Waals surface area contributed by atoms with Gasteiger partial charge < -0.3 is 10.1 Å². The Morgan fingerprint density at radius 2 is 1.86 bits per heavy atom. The van der Waals surface area contributed by atoms with Crippen LogP contribution in [0.25, 0.3) is 11.3 Å². The number of aromatic nitrogens is 2. The SMILES string of the molecule is COc1cccc(Nc2nc(-c3ccccc3)cc(=O)[nH]2)c1. The van der Waals surface area contributed by atoms with E-state index in [2.05, 4.69) is 15.3 Å². The summed E-state index contributed by atoms with van der Waals surface area (Å²) in [6.45, 7) is 0. The fourth-order valence-electron chi connectivity index (χ4n) is 2.11. The molecule has 22 heavy (non-hydrogen) atoms. The van der Waals surface area contributed by atoms with Gasteiger partial charge in [-0.2, -0.15) is 0 Å². The third-order valence-corrected chi connectivity index (χ3v) is 3.14. The second kappa shape index (κ2) is 6.13. The van der Waals surface area contributed by atoms with Crippen molar-refractivity contribution in [2.45, 2.75) is 0 Å². The molecule has 0 aliphatic rings. The lowest BCUT2D eigenvalue weighted by molar-refractivity contribution is 0.415. The van der Waals surface area contributed by atoms with Crippen LogP contribution in [-0.4, -0.2) is 17.1 Å². The molecule has 2 aromatic carbocycles. The van der Waals surface area contributed by atoms with Crippen LogP contribution in [0.3, 0.4) is 0 Å². The quantitative estimate of drug-likeness (QED) is 0.775. The van der Waals surface area contributed by atoms with Gasteiger partial charge in [0, 0.05) is 23.4 Å². The van der Waals surface area contributed by atoms with E-state index in [0.717, 1.165) is 17.0 Å². The molecular formula is C17H15N3O2. The highest BCUT2D eigenvalue weighted by Gasteiger charge is 2.04. The standard InChI is InChI=1S/C17H15N3O2/c1-22-14-9-5-8-13(10-14)18-17-19-15(11-16(21)20-17)12-6-3-2-4-7-12/h2-11H,1H3,(H2,18,19,20,21). The molecule has 3 rings (SSSR count). The highest BCUT2D eigenvalue weighted by molar-refractivity contribution is 5.62. The minimum absolute atomic E-state index is 0.209. The lowest BCUT2D eigenvalue weighted by Gasteiger charge is -2.08. The number of hydrogen-bond donors (Lipinski definition) is 2. The van der Waals surface area contributed by atoms with E-state index in [-0.39, 0.29) is 5.56 Å². The fourth-order valence-corrected chi connectivity index (χ4v) is 2.11. The maximum Gasteiger partial charge on any atom is 0.252 e. The largest absolute Gasteiger partial charge is 0.497 e. The molecule has 0 saturated carbocycles. The van der Waals surface area contributed by atoms with Crippen molar-refractivity contribution in [1.82, 2.24) is 9.97 Å². The zero-order valence-corrected chi connectivity index (χ0v) is 12.0. The minimum atomic E-state index is -0.209. The van der Waals surface area contributed by atoms with E-state index in [1.54, 1.807) is 7.11 Å². The van der Waals surface area contributed by atoms with Crippen molar-refractivity contribution in [2.24, 2.45) is 0 Å². The molecule has 0 saturated heterocycles. The summed E-state index contributed by atoms with van der Waals surface area (Å²) in [7, 11) is 1.61. The normalized spacial score (nSPS) is 10.2. The zero-order valence-electron chi connectivity index (χ0n) is 12.0. The van der Waals surface area contributed by atoms with Gasteiger partial charge in [0.15, 0.2) is 0 Å². The van der Waals surface area contributed by atoms with Crippen molar-refractivity contribution < 1.29 is 4.74 Å². The summed E-state index contributed by atoms with van der Waals surface area (Å²) in [5.74, 6) is 1.12. The van der Waals surface area contributed by atoms with Crippen LogP contribution in [-0.2, 0) is 0 Å². The van der Waals surface area contributed by atoms with E-state index >= 15 is 0 Å². The molecule has 3 aromatic rings. The first-order valence-electron chi connectivity index (χ1n) is 6.82. The van der Waals surface area contributed by atoms with Crippen molar-refractivity contribution in [3.05, 3.63) is 71.0 Å². The van der Waals surface area contributed by atoms with Crippen LogP contribution in [0, 0.1) is 0 Å². The molecule has 0 amide bonds. The van der Waals surface area contributed by atoms with E-state index in [9.17, 15) is 4.79 Å². The molecule has 5 heteroatoms. The molecule has 0 radical (unpaired) electrons. The van der Waals surface area contributed by atoms with Gasteiger partial charge in [0.2, 0.25) is 5.95 Å². The van der Waals surface area contributed by atoms with Crippen molar-refractivity contribution >= 4 is 11.6 Å². The summed E-state index contributed by atoms with van der Waals surface area (Å²) in [6.07, 6.45) is 0. The summed E-state index contributed by atoms with van der Waals surface area (Å²) in [4.78, 5) is 19.0. The number of rotatable bonds is 4. The summed E-state index contributed by atoms with van der Waals surface area (Å²) in [6, 6.07) is 18.5. The average Bonchev–Trinajstić information content (AvgIpc) is 2.55. The Hall–Kier alpha value is -3.08. The Morgan fingerprint density at radius 1 is 1.05 bits per heavy atom. The fraction of sp³-hybridized carbons (Fsp3) is 0.0588. The maximum atomic E-state index is 11.8. The molecule has 2 N–H and O–H groups in total. The second-order valence-electron chi connectivity index (χ2n) is 4.70. The van der Waals surface area contributed by atoms with Crippen LogP contribution in [0.1, 0.15) is 0 Å². The van der Waals surface area contributed by atoms with Crippen LogP contribution in [0.5, 0.6) is 5.75 Å². The number of benzene rings is 2. The first kappa shape index (κ1) is 13.9. The van der Waals surface area contributed by atoms with E-state index in [1.165, 1.54) is 6.07 Å². The molecule has 1 aromatic heterocycles. The monoisotopic (exact) mass is 293 g/mol. The van der Waals surface area contributed by atoms with E-state index in [0.29, 0.717) is 11.6 Å². The first-order valence-corrected chi connectivity index (χ1v) is 6.82. The van der Waals surface area contributed by atoms with Gasteiger partial charge in [0.25, 0.3) is 5.56 Å². The van der Waals surface area contributed by atoms with Gasteiger partial charge in [-0.15, -0.1) is 0 Å². The van der Waals surface area contributed by atoms with Crippen LogP contribution >= 0.6 is 0 Å². The lowest BCUT2D eigenvalue weighted by atomic mass is 10.1. The molecule has 0 unspecified atom stereocenters. The number of hydrogen-bond acceptors (Lipinski definition) is 4. The summed E-state index contributed by atoms with van der Waals surface area (Å²) < 4.78 is 5.18. The topological polar surface area (TPSA) is 67.0 Å². The molecule has 0 aliphatic carbocycles. The molecule has 0 fully saturated rings. The van der Waals surface area contributed by atoms with Gasteiger partial charge >= 0.3 is 0 Å². The third kappa shape index (κ3) is 3.15. The number of ether oxygens (including phenoxy) is 1. The average molecular weight is 293 g/mol. The first-order chi connectivity index (χ1) is 10.7. The Kier molecular flexibility index (Phi) is 3.87. The smallest absolute Gasteiger partial charge is 0.252 e. The number of nitrogens with zero attached hydrogens (tertiary/aromatic N) is 1. The van der Waals surface area contributed by atoms with Gasteiger partial charge in [-0.3, -0.25) is 9.78 Å². The number of methoxy groups -OCH3 is 1. The molecule has 110 valence electrons. The summed E-state index contributed by atoms with van der Waals surface area (Å²) in [5.41, 5.74) is 2.09. The highest BCUT2D eigenvalue weighted by atomic mass is 16.5. The summed E-state index contributed by atoms with van der Waals surface area (Å²) >= 11 is 0. The van der Waals surface area contributed by atoms with Crippen LogP contribution in [0.15, 0.2) is 65.5 Å². The zero-order chi connectivity index (χ0) is 15.4. The molecule has 0 spiro atoms. The van der Waals surface area contributed by atoms with Crippen LogP contribution in [0.2, 0.25) is 0 Å². The predicted octanol–water partition coefficient (Wildman–Crippen LogP) is 3.19. The molecular weight excluding hydrogens is 278 g/mol. The van der Waals surface area contributed by atoms with Gasteiger partial charge in [-0.05, 0) is 12.1 Å². The number of aromatic amines is 1. The van der Waals surface area contributed by atoms with Crippen molar-refractivity contribution in [3.8, 4) is 17.0 Å². The van der Waals surface area contributed by atoms with Crippen LogP contribution in [0.4, 0.5) is 11.6 Å². The highest BCUT2D eigenvalue weighted by Crippen LogP contribution is 2.20. The van der Waals surface area contributed by atoms with Crippen molar-refractivity contribution in [2.75, 3.05) is 12.4 Å². The third-order valence-electron chi connectivity index (χ3n) is 3.14. The molecule has 5 nitrogen and oxygen atoms in total. The van der Waals surface area contributed by atoms with Crippen molar-refractivity contribution in [3.63, 3.8) is 0 Å². The molecule has 0 aliphatic heterocycles. The predicted molar refractivity (Wildman–Crippen MR) is 86.6 cm³/mol.